The second-order valence-electron chi connectivity index (χ2n) is 4.89. The number of hydrogen-bond acceptors (Lipinski definition) is 2. The fraction of sp³-hybridized carbons (Fsp3) is 0.200. The zero-order valence-electron chi connectivity index (χ0n) is 11.3. The smallest absolute Gasteiger partial charge is 0.263 e. The topological polar surface area (TPSA) is 50.7 Å². The van der Waals surface area contributed by atoms with E-state index in [1.165, 1.54) is 0 Å². The van der Waals surface area contributed by atoms with Crippen LogP contribution >= 0.6 is 15.9 Å². The van der Waals surface area contributed by atoms with E-state index < -0.39 is 0 Å². The second kappa shape index (κ2) is 4.90. The molecule has 102 valence electrons. The van der Waals surface area contributed by atoms with Crippen molar-refractivity contribution in [2.45, 2.75) is 20.4 Å². The molecule has 1 N–H and O–H groups in total. The van der Waals surface area contributed by atoms with Crippen molar-refractivity contribution in [2.75, 3.05) is 0 Å². The Balaban J connectivity index is 2.11. The van der Waals surface area contributed by atoms with Crippen LogP contribution in [0, 0.1) is 13.8 Å². The number of benzene rings is 1. The first-order valence-corrected chi connectivity index (χ1v) is 7.15. The molecule has 0 radical (unpaired) electrons. The van der Waals surface area contributed by atoms with Crippen LogP contribution in [0.1, 0.15) is 17.1 Å². The Hall–Kier alpha value is -1.88. The molecule has 1 aromatic carbocycles. The van der Waals surface area contributed by atoms with Crippen LogP contribution in [0.15, 0.2) is 39.6 Å². The number of hydrogen-bond donors (Lipinski definition) is 1. The van der Waals surface area contributed by atoms with Crippen molar-refractivity contribution in [1.29, 1.82) is 0 Å². The molecule has 0 unspecified atom stereocenters. The van der Waals surface area contributed by atoms with Gasteiger partial charge in [0.15, 0.2) is 0 Å². The highest BCUT2D eigenvalue weighted by Gasteiger charge is 2.10. The van der Waals surface area contributed by atoms with Crippen LogP contribution in [0.3, 0.4) is 0 Å². The summed E-state index contributed by atoms with van der Waals surface area (Å²) in [6.45, 7) is 4.32. The number of H-pyrrole nitrogens is 1. The number of fused-ring (bicyclic) bond motifs is 1. The molecular weight excluding hydrogens is 318 g/mol. The van der Waals surface area contributed by atoms with Gasteiger partial charge in [-0.1, -0.05) is 28.1 Å². The minimum Gasteiger partial charge on any atom is -0.343 e. The first kappa shape index (κ1) is 13.1. The Morgan fingerprint density at radius 2 is 1.95 bits per heavy atom. The predicted octanol–water partition coefficient (Wildman–Crippen LogP) is 3.15. The summed E-state index contributed by atoms with van der Waals surface area (Å²) in [5.41, 5.74) is 2.69. The molecule has 4 nitrogen and oxygen atoms in total. The van der Waals surface area contributed by atoms with Gasteiger partial charge < -0.3 is 4.98 Å². The summed E-state index contributed by atoms with van der Waals surface area (Å²) >= 11 is 3.41. The van der Waals surface area contributed by atoms with Gasteiger partial charge in [0, 0.05) is 10.2 Å². The highest BCUT2D eigenvalue weighted by molar-refractivity contribution is 9.10. The fourth-order valence-corrected chi connectivity index (χ4v) is 2.56. The van der Waals surface area contributed by atoms with Crippen molar-refractivity contribution in [2.24, 2.45) is 0 Å². The molecule has 0 aliphatic rings. The lowest BCUT2D eigenvalue weighted by molar-refractivity contribution is 0.712. The number of aromatic amines is 1. The van der Waals surface area contributed by atoms with Gasteiger partial charge in [-0.25, -0.2) is 4.98 Å². The molecule has 0 saturated carbocycles. The Kier molecular flexibility index (Phi) is 3.22. The summed E-state index contributed by atoms with van der Waals surface area (Å²) in [5, 5.41) is 0.644. The average Bonchev–Trinajstić information content (AvgIpc) is 2.77. The number of nitrogens with one attached hydrogen (secondary N) is 1. The maximum atomic E-state index is 12.5. The van der Waals surface area contributed by atoms with Crippen molar-refractivity contribution >= 4 is 27.0 Å². The number of aromatic nitrogens is 3. The predicted molar refractivity (Wildman–Crippen MR) is 83.1 cm³/mol. The Morgan fingerprint density at radius 3 is 2.65 bits per heavy atom. The summed E-state index contributed by atoms with van der Waals surface area (Å²) < 4.78 is 2.74. The van der Waals surface area contributed by atoms with E-state index in [-0.39, 0.29) is 5.56 Å². The first-order valence-electron chi connectivity index (χ1n) is 6.36. The van der Waals surface area contributed by atoms with Gasteiger partial charge in [0.05, 0.1) is 11.9 Å². The van der Waals surface area contributed by atoms with E-state index in [1.54, 1.807) is 4.57 Å². The maximum absolute atomic E-state index is 12.5. The molecule has 2 heterocycles. The normalized spacial score (nSPS) is 11.2. The van der Waals surface area contributed by atoms with Crippen LogP contribution in [-0.2, 0) is 6.54 Å². The van der Waals surface area contributed by atoms with Crippen molar-refractivity contribution < 1.29 is 0 Å². The van der Waals surface area contributed by atoms with Crippen LogP contribution in [0.2, 0.25) is 0 Å². The molecule has 2 aromatic heterocycles. The molecule has 20 heavy (non-hydrogen) atoms. The summed E-state index contributed by atoms with van der Waals surface area (Å²) in [7, 11) is 0. The Morgan fingerprint density at radius 1 is 1.25 bits per heavy atom. The van der Waals surface area contributed by atoms with Crippen molar-refractivity contribution in [1.82, 2.24) is 14.5 Å². The van der Waals surface area contributed by atoms with Crippen LogP contribution in [0.5, 0.6) is 0 Å². The largest absolute Gasteiger partial charge is 0.343 e. The lowest BCUT2D eigenvalue weighted by Gasteiger charge is -2.09. The average molecular weight is 332 g/mol. The van der Waals surface area contributed by atoms with E-state index in [0.717, 1.165) is 15.7 Å². The van der Waals surface area contributed by atoms with Crippen molar-refractivity contribution in [3.05, 3.63) is 62.2 Å². The lowest BCUT2D eigenvalue weighted by Crippen LogP contribution is -2.24. The fourth-order valence-electron chi connectivity index (χ4n) is 2.30. The first-order chi connectivity index (χ1) is 9.54. The minimum atomic E-state index is -0.000214. The summed E-state index contributed by atoms with van der Waals surface area (Å²) in [6, 6.07) is 9.80. The van der Waals surface area contributed by atoms with Crippen molar-refractivity contribution in [3.63, 3.8) is 0 Å². The Bertz CT molecular complexity index is 831. The summed E-state index contributed by atoms with van der Waals surface area (Å²) in [4.78, 5) is 20.1. The van der Waals surface area contributed by atoms with Gasteiger partial charge in [-0.3, -0.25) is 9.36 Å². The van der Waals surface area contributed by atoms with E-state index in [4.69, 9.17) is 0 Å². The molecule has 0 spiro atoms. The van der Waals surface area contributed by atoms with E-state index >= 15 is 0 Å². The van der Waals surface area contributed by atoms with Gasteiger partial charge >= 0.3 is 0 Å². The molecule has 5 heteroatoms. The van der Waals surface area contributed by atoms with Gasteiger partial charge in [-0.05, 0) is 37.6 Å². The minimum absolute atomic E-state index is 0.000214. The number of rotatable bonds is 2. The third-order valence-electron chi connectivity index (χ3n) is 3.33. The number of nitrogens with zero attached hydrogens (tertiary/aromatic N) is 2. The van der Waals surface area contributed by atoms with E-state index in [0.29, 0.717) is 23.4 Å². The Labute approximate surface area is 124 Å². The quantitative estimate of drug-likeness (QED) is 0.784. The highest BCUT2D eigenvalue weighted by Crippen LogP contribution is 2.13. The second-order valence-corrected chi connectivity index (χ2v) is 5.81. The molecule has 3 aromatic rings. The van der Waals surface area contributed by atoms with Gasteiger partial charge in [-0.15, -0.1) is 0 Å². The molecule has 3 rings (SSSR count). The number of aryl methyl sites for hydroxylation is 2. The van der Waals surface area contributed by atoms with Crippen LogP contribution in [0.4, 0.5) is 0 Å². The third-order valence-corrected chi connectivity index (χ3v) is 3.85. The third kappa shape index (κ3) is 2.29. The van der Waals surface area contributed by atoms with Gasteiger partial charge in [0.1, 0.15) is 11.5 Å². The van der Waals surface area contributed by atoms with Gasteiger partial charge in [0.2, 0.25) is 0 Å². The molecular formula is C15H14BrN3O. The van der Waals surface area contributed by atoms with E-state index in [9.17, 15) is 4.79 Å². The lowest BCUT2D eigenvalue weighted by atomic mass is 10.2. The maximum Gasteiger partial charge on any atom is 0.263 e. The van der Waals surface area contributed by atoms with E-state index in [2.05, 4.69) is 25.9 Å². The SMILES string of the molecule is Cc1cc2c(=O)n(Cc3ccc(Br)cc3)c(C)nc2[nH]1. The molecule has 0 aliphatic heterocycles. The molecule has 0 fully saturated rings. The van der Waals surface area contributed by atoms with Crippen LogP contribution in [-0.4, -0.2) is 14.5 Å². The van der Waals surface area contributed by atoms with Gasteiger partial charge in [-0.2, -0.15) is 0 Å². The highest BCUT2D eigenvalue weighted by atomic mass is 79.9. The molecule has 0 atom stereocenters. The monoisotopic (exact) mass is 331 g/mol. The van der Waals surface area contributed by atoms with E-state index in [1.807, 2.05) is 44.2 Å². The zero-order valence-corrected chi connectivity index (χ0v) is 12.9. The summed E-state index contributed by atoms with van der Waals surface area (Å²) in [6.07, 6.45) is 0. The van der Waals surface area contributed by atoms with Crippen molar-refractivity contribution in [3.8, 4) is 0 Å². The zero-order chi connectivity index (χ0) is 14.3. The molecule has 0 aliphatic carbocycles. The summed E-state index contributed by atoms with van der Waals surface area (Å²) in [5.74, 6) is 0.715. The van der Waals surface area contributed by atoms with Gasteiger partial charge in [0.25, 0.3) is 5.56 Å². The number of halogens is 1. The molecule has 0 bridgehead atoms. The molecule has 0 saturated heterocycles. The standard InChI is InChI=1S/C15H14BrN3O/c1-9-7-13-14(17-9)18-10(2)19(15(13)20)8-11-3-5-12(16)6-4-11/h3-7,17H,8H2,1-2H3. The van der Waals surface area contributed by atoms with Crippen LogP contribution in [0.25, 0.3) is 11.0 Å². The molecule has 0 amide bonds. The van der Waals surface area contributed by atoms with Crippen LogP contribution < -0.4 is 5.56 Å².